The maximum Gasteiger partial charge on any atom is 0.247 e. The van der Waals surface area contributed by atoms with Crippen LogP contribution in [0, 0.1) is 0 Å². The number of aromatic nitrogens is 3. The van der Waals surface area contributed by atoms with E-state index >= 15 is 0 Å². The summed E-state index contributed by atoms with van der Waals surface area (Å²) >= 11 is 0. The van der Waals surface area contributed by atoms with Gasteiger partial charge < -0.3 is 9.15 Å². The molecule has 0 aliphatic carbocycles. The lowest BCUT2D eigenvalue weighted by Crippen LogP contribution is -1.92. The van der Waals surface area contributed by atoms with Crippen molar-refractivity contribution in [3.63, 3.8) is 0 Å². The Morgan fingerprint density at radius 1 is 0.952 bits per heavy atom. The number of nitrogens with zero attached hydrogens (tertiary/aromatic N) is 3. The zero-order valence-electron chi connectivity index (χ0n) is 11.7. The highest BCUT2D eigenvalue weighted by Gasteiger charge is 2.08. The molecule has 2 heterocycles. The van der Waals surface area contributed by atoms with Crippen molar-refractivity contribution < 1.29 is 9.15 Å². The van der Waals surface area contributed by atoms with Crippen LogP contribution in [-0.4, -0.2) is 22.3 Å². The van der Waals surface area contributed by atoms with Crippen molar-refractivity contribution in [3.8, 4) is 17.2 Å². The van der Waals surface area contributed by atoms with Gasteiger partial charge in [0.25, 0.3) is 0 Å². The molecule has 0 bridgehead atoms. The molecule has 0 fully saturated rings. The van der Waals surface area contributed by atoms with E-state index in [-0.39, 0.29) is 0 Å². The molecule has 0 amide bonds. The molecule has 0 aliphatic rings. The molecule has 5 heteroatoms. The lowest BCUT2D eigenvalue weighted by molar-refractivity contribution is 0.414. The minimum Gasteiger partial charge on any atom is -0.497 e. The average molecular weight is 281 g/mol. The summed E-state index contributed by atoms with van der Waals surface area (Å²) in [6.45, 7) is 0. The largest absolute Gasteiger partial charge is 0.497 e. The van der Waals surface area contributed by atoms with Gasteiger partial charge >= 0.3 is 0 Å². The van der Waals surface area contributed by atoms with Crippen LogP contribution in [0.4, 0.5) is 0 Å². The summed E-state index contributed by atoms with van der Waals surface area (Å²) in [6, 6.07) is 11.7. The van der Waals surface area contributed by atoms with Gasteiger partial charge in [-0.3, -0.25) is 4.98 Å². The van der Waals surface area contributed by atoms with Crippen molar-refractivity contribution in [2.24, 2.45) is 0 Å². The quantitative estimate of drug-likeness (QED) is 0.719. The smallest absolute Gasteiger partial charge is 0.247 e. The Labute approximate surface area is 122 Å². The van der Waals surface area contributed by atoms with Crippen LogP contribution in [0.3, 0.4) is 0 Å². The molecule has 21 heavy (non-hydrogen) atoms. The summed E-state index contributed by atoms with van der Waals surface area (Å²) in [4.78, 5) is 3.97. The molecule has 0 N–H and O–H groups in total. The van der Waals surface area contributed by atoms with E-state index in [0.29, 0.717) is 18.2 Å². The lowest BCUT2D eigenvalue weighted by Gasteiger charge is -2.01. The van der Waals surface area contributed by atoms with Gasteiger partial charge in [-0.05, 0) is 36.2 Å². The summed E-state index contributed by atoms with van der Waals surface area (Å²) < 4.78 is 10.8. The van der Waals surface area contributed by atoms with Gasteiger partial charge in [0.05, 0.1) is 7.11 Å². The maximum absolute atomic E-state index is 5.66. The van der Waals surface area contributed by atoms with Crippen LogP contribution in [0.5, 0.6) is 5.75 Å². The summed E-state index contributed by atoms with van der Waals surface area (Å²) in [5.74, 6) is 2.02. The molecule has 3 rings (SSSR count). The number of pyridine rings is 1. The third-order valence-electron chi connectivity index (χ3n) is 3.18. The third kappa shape index (κ3) is 3.25. The average Bonchev–Trinajstić information content (AvgIpc) is 3.03. The van der Waals surface area contributed by atoms with Gasteiger partial charge in [-0.25, -0.2) is 0 Å². The van der Waals surface area contributed by atoms with E-state index in [2.05, 4.69) is 15.2 Å². The molecule has 0 saturated heterocycles. The van der Waals surface area contributed by atoms with E-state index in [0.717, 1.165) is 17.7 Å². The number of aryl methyl sites for hydroxylation is 2. The van der Waals surface area contributed by atoms with Gasteiger partial charge in [0, 0.05) is 24.4 Å². The molecule has 5 nitrogen and oxygen atoms in total. The van der Waals surface area contributed by atoms with Crippen molar-refractivity contribution in [2.45, 2.75) is 12.8 Å². The molecular formula is C16H15N3O2. The highest BCUT2D eigenvalue weighted by molar-refractivity contribution is 5.50. The van der Waals surface area contributed by atoms with E-state index < -0.39 is 0 Å². The second-order valence-electron chi connectivity index (χ2n) is 4.58. The van der Waals surface area contributed by atoms with Crippen LogP contribution < -0.4 is 4.74 Å². The lowest BCUT2D eigenvalue weighted by atomic mass is 10.1. The zero-order valence-corrected chi connectivity index (χ0v) is 11.7. The molecular weight excluding hydrogens is 266 g/mol. The fourth-order valence-corrected chi connectivity index (χ4v) is 2.01. The number of benzene rings is 1. The summed E-state index contributed by atoms with van der Waals surface area (Å²) in [6.07, 6.45) is 4.97. The molecule has 2 aromatic heterocycles. The number of methoxy groups -OCH3 is 1. The van der Waals surface area contributed by atoms with Gasteiger partial charge in [-0.1, -0.05) is 12.1 Å². The van der Waals surface area contributed by atoms with E-state index in [1.165, 1.54) is 5.56 Å². The van der Waals surface area contributed by atoms with Crippen molar-refractivity contribution in [1.82, 2.24) is 15.2 Å². The van der Waals surface area contributed by atoms with Gasteiger partial charge in [0.2, 0.25) is 11.8 Å². The second kappa shape index (κ2) is 6.17. The van der Waals surface area contributed by atoms with Crippen LogP contribution in [-0.2, 0) is 12.8 Å². The Bertz CT molecular complexity index is 693. The Hall–Kier alpha value is -2.69. The van der Waals surface area contributed by atoms with Crippen LogP contribution in [0.1, 0.15) is 11.5 Å². The topological polar surface area (TPSA) is 61.0 Å². The van der Waals surface area contributed by atoms with E-state index in [1.54, 1.807) is 19.5 Å². The normalized spacial score (nSPS) is 10.5. The SMILES string of the molecule is COc1ccc(CCc2nnc(-c3ccncc3)o2)cc1. The standard InChI is InChI=1S/C16H15N3O2/c1-20-14-5-2-12(3-6-14)4-7-15-18-19-16(21-15)13-8-10-17-11-9-13/h2-3,5-6,8-11H,4,7H2,1H3. The highest BCUT2D eigenvalue weighted by atomic mass is 16.5. The van der Waals surface area contributed by atoms with Crippen molar-refractivity contribution in [1.29, 1.82) is 0 Å². The number of ether oxygens (including phenoxy) is 1. The van der Waals surface area contributed by atoms with Crippen molar-refractivity contribution >= 4 is 0 Å². The monoisotopic (exact) mass is 281 g/mol. The first-order valence-corrected chi connectivity index (χ1v) is 6.71. The Morgan fingerprint density at radius 3 is 2.43 bits per heavy atom. The third-order valence-corrected chi connectivity index (χ3v) is 3.18. The summed E-state index contributed by atoms with van der Waals surface area (Å²) in [5.41, 5.74) is 2.09. The number of rotatable bonds is 5. The predicted molar refractivity (Wildman–Crippen MR) is 77.9 cm³/mol. The maximum atomic E-state index is 5.66. The Kier molecular flexibility index (Phi) is 3.91. The molecule has 0 aliphatic heterocycles. The summed E-state index contributed by atoms with van der Waals surface area (Å²) in [5, 5.41) is 8.14. The van der Waals surface area contributed by atoms with E-state index in [1.807, 2.05) is 36.4 Å². The molecule has 1 aromatic carbocycles. The fraction of sp³-hybridized carbons (Fsp3) is 0.188. The summed E-state index contributed by atoms with van der Waals surface area (Å²) in [7, 11) is 1.66. The molecule has 0 radical (unpaired) electrons. The molecule has 0 saturated carbocycles. The van der Waals surface area contributed by atoms with Crippen molar-refractivity contribution in [3.05, 3.63) is 60.2 Å². The van der Waals surface area contributed by atoms with Crippen LogP contribution in [0.25, 0.3) is 11.5 Å². The molecule has 0 spiro atoms. The van der Waals surface area contributed by atoms with Gasteiger partial charge in [-0.2, -0.15) is 0 Å². The number of hydrogen-bond acceptors (Lipinski definition) is 5. The van der Waals surface area contributed by atoms with E-state index in [9.17, 15) is 0 Å². The van der Waals surface area contributed by atoms with Gasteiger partial charge in [0.15, 0.2) is 0 Å². The van der Waals surface area contributed by atoms with Crippen molar-refractivity contribution in [2.75, 3.05) is 7.11 Å². The Balaban J connectivity index is 1.64. The minimum absolute atomic E-state index is 0.530. The zero-order chi connectivity index (χ0) is 14.5. The predicted octanol–water partition coefficient (Wildman–Crippen LogP) is 2.93. The second-order valence-corrected chi connectivity index (χ2v) is 4.58. The fourth-order valence-electron chi connectivity index (χ4n) is 2.01. The Morgan fingerprint density at radius 2 is 1.71 bits per heavy atom. The first kappa shape index (κ1) is 13.3. The molecule has 0 unspecified atom stereocenters. The number of hydrogen-bond donors (Lipinski definition) is 0. The van der Waals surface area contributed by atoms with Crippen LogP contribution in [0.2, 0.25) is 0 Å². The molecule has 106 valence electrons. The molecule has 3 aromatic rings. The first-order valence-electron chi connectivity index (χ1n) is 6.71. The van der Waals surface area contributed by atoms with Crippen LogP contribution in [0.15, 0.2) is 53.2 Å². The van der Waals surface area contributed by atoms with Gasteiger partial charge in [0.1, 0.15) is 5.75 Å². The highest BCUT2D eigenvalue weighted by Crippen LogP contribution is 2.18. The first-order chi connectivity index (χ1) is 10.3. The van der Waals surface area contributed by atoms with Crippen LogP contribution >= 0.6 is 0 Å². The molecule has 0 atom stereocenters. The van der Waals surface area contributed by atoms with Gasteiger partial charge in [-0.15, -0.1) is 10.2 Å². The van der Waals surface area contributed by atoms with E-state index in [4.69, 9.17) is 9.15 Å². The minimum atomic E-state index is 0.530.